The topological polar surface area (TPSA) is 0 Å². The van der Waals surface area contributed by atoms with E-state index in [1.807, 2.05) is 0 Å². The second kappa shape index (κ2) is 6.12. The lowest BCUT2D eigenvalue weighted by atomic mass is 9.60. The predicted molar refractivity (Wildman–Crippen MR) is 93.0 cm³/mol. The van der Waals surface area contributed by atoms with Crippen molar-refractivity contribution in [2.45, 2.75) is 37.5 Å². The summed E-state index contributed by atoms with van der Waals surface area (Å²) >= 11 is 0. The maximum Gasteiger partial charge on any atom is -0.00959 e. The zero-order valence-corrected chi connectivity index (χ0v) is 13.1. The second-order valence-corrected chi connectivity index (χ2v) is 6.86. The third kappa shape index (κ3) is 2.52. The van der Waals surface area contributed by atoms with Gasteiger partial charge in [0.25, 0.3) is 0 Å². The largest absolute Gasteiger partial charge is 0.0882 e. The molecule has 0 saturated heterocycles. The summed E-state index contributed by atoms with van der Waals surface area (Å²) in [7, 11) is 0. The van der Waals surface area contributed by atoms with Crippen LogP contribution in [0.2, 0.25) is 0 Å². The molecule has 1 saturated carbocycles. The Hall–Kier alpha value is -1.82. The van der Waals surface area contributed by atoms with E-state index in [0.29, 0.717) is 5.92 Å². The third-order valence-electron chi connectivity index (χ3n) is 5.74. The van der Waals surface area contributed by atoms with E-state index >= 15 is 0 Å². The quantitative estimate of drug-likeness (QED) is 0.601. The summed E-state index contributed by atoms with van der Waals surface area (Å²) in [4.78, 5) is 0. The van der Waals surface area contributed by atoms with Crippen molar-refractivity contribution in [2.75, 3.05) is 0 Å². The lowest BCUT2D eigenvalue weighted by molar-refractivity contribution is 0.193. The number of hydrogen-bond donors (Lipinski definition) is 0. The molecule has 0 nitrogen and oxygen atoms in total. The van der Waals surface area contributed by atoms with Gasteiger partial charge < -0.3 is 0 Å². The van der Waals surface area contributed by atoms with Gasteiger partial charge in [0.1, 0.15) is 0 Å². The fourth-order valence-corrected chi connectivity index (χ4v) is 4.75. The number of allylic oxidation sites excluding steroid dienone is 2. The van der Waals surface area contributed by atoms with E-state index in [1.54, 1.807) is 5.56 Å². The highest BCUT2D eigenvalue weighted by Crippen LogP contribution is 2.51. The first-order valence-electron chi connectivity index (χ1n) is 8.70. The van der Waals surface area contributed by atoms with E-state index in [-0.39, 0.29) is 0 Å². The zero-order chi connectivity index (χ0) is 14.8. The molecule has 4 atom stereocenters. The first-order valence-corrected chi connectivity index (χ1v) is 8.70. The summed E-state index contributed by atoms with van der Waals surface area (Å²) in [5, 5.41) is 0. The molecule has 1 fully saturated rings. The Labute approximate surface area is 133 Å². The predicted octanol–water partition coefficient (Wildman–Crippen LogP) is 5.93. The number of benzene rings is 2. The summed E-state index contributed by atoms with van der Waals surface area (Å²) in [6.07, 6.45) is 10.2. The molecular formula is C22H24. The van der Waals surface area contributed by atoms with Crippen LogP contribution in [0.3, 0.4) is 0 Å². The van der Waals surface area contributed by atoms with Gasteiger partial charge in [-0.1, -0.05) is 72.8 Å². The van der Waals surface area contributed by atoms with Crippen LogP contribution in [0, 0.1) is 11.8 Å². The Morgan fingerprint density at radius 1 is 0.636 bits per heavy atom. The van der Waals surface area contributed by atoms with Gasteiger partial charge in [-0.25, -0.2) is 0 Å². The first kappa shape index (κ1) is 13.8. The van der Waals surface area contributed by atoms with E-state index in [4.69, 9.17) is 0 Å². The van der Waals surface area contributed by atoms with Crippen molar-refractivity contribution in [2.24, 2.45) is 11.8 Å². The van der Waals surface area contributed by atoms with Gasteiger partial charge in [-0.3, -0.25) is 0 Å². The molecule has 0 heterocycles. The maximum absolute atomic E-state index is 2.53. The Morgan fingerprint density at radius 3 is 1.91 bits per heavy atom. The first-order chi connectivity index (χ1) is 10.9. The summed E-state index contributed by atoms with van der Waals surface area (Å²) in [5.41, 5.74) is 3.09. The Bertz CT molecular complexity index is 626. The fourth-order valence-electron chi connectivity index (χ4n) is 4.75. The van der Waals surface area contributed by atoms with Crippen LogP contribution in [-0.4, -0.2) is 0 Å². The lowest BCUT2D eigenvalue weighted by Crippen LogP contribution is -2.32. The highest BCUT2D eigenvalue weighted by atomic mass is 14.4. The molecule has 0 spiro atoms. The summed E-state index contributed by atoms with van der Waals surface area (Å²) in [5.74, 6) is 2.99. The maximum atomic E-state index is 2.53. The van der Waals surface area contributed by atoms with Crippen LogP contribution in [-0.2, 0) is 0 Å². The summed E-state index contributed by atoms with van der Waals surface area (Å²) in [6.45, 7) is 0. The van der Waals surface area contributed by atoms with Gasteiger partial charge in [0.05, 0.1) is 0 Å². The minimum absolute atomic E-state index is 0.711. The van der Waals surface area contributed by atoms with Crippen molar-refractivity contribution < 1.29 is 0 Å². The standard InChI is InChI=1S/C22H24/c1-3-9-17(10-4-1)19-15-16-20(18-11-5-2-6-12-18)22-14-8-7-13-21(19)22/h1-7,9-13,19-22H,8,14-16H2. The molecule has 2 aliphatic carbocycles. The number of fused-ring (bicyclic) bond motifs is 1. The molecule has 0 N–H and O–H groups in total. The molecule has 112 valence electrons. The second-order valence-electron chi connectivity index (χ2n) is 6.86. The molecule has 4 rings (SSSR count). The van der Waals surface area contributed by atoms with Crippen LogP contribution in [0.5, 0.6) is 0 Å². The van der Waals surface area contributed by atoms with Crippen LogP contribution in [0.1, 0.15) is 48.6 Å². The van der Waals surface area contributed by atoms with E-state index in [2.05, 4.69) is 72.8 Å². The van der Waals surface area contributed by atoms with Crippen molar-refractivity contribution in [3.05, 3.63) is 83.9 Å². The molecule has 4 unspecified atom stereocenters. The van der Waals surface area contributed by atoms with E-state index < -0.39 is 0 Å². The fraction of sp³-hybridized carbons (Fsp3) is 0.364. The summed E-state index contributed by atoms with van der Waals surface area (Å²) < 4.78 is 0. The Kier molecular flexibility index (Phi) is 3.84. The normalized spacial score (nSPS) is 30.7. The van der Waals surface area contributed by atoms with Crippen LogP contribution in [0.15, 0.2) is 72.8 Å². The minimum Gasteiger partial charge on any atom is -0.0882 e. The molecule has 0 amide bonds. The number of hydrogen-bond acceptors (Lipinski definition) is 0. The molecule has 2 aromatic rings. The van der Waals surface area contributed by atoms with Crippen molar-refractivity contribution in [3.8, 4) is 0 Å². The monoisotopic (exact) mass is 288 g/mol. The van der Waals surface area contributed by atoms with Crippen LogP contribution in [0.4, 0.5) is 0 Å². The number of rotatable bonds is 2. The zero-order valence-electron chi connectivity index (χ0n) is 13.1. The SMILES string of the molecule is C1=CC2C(c3ccccc3)CCC(c3ccccc3)C2CC1. The smallest absolute Gasteiger partial charge is 0.00959 e. The van der Waals surface area contributed by atoms with Gasteiger partial charge in [-0.05, 0) is 60.5 Å². The summed E-state index contributed by atoms with van der Waals surface area (Å²) in [6, 6.07) is 22.4. The highest BCUT2D eigenvalue weighted by molar-refractivity contribution is 5.28. The molecular weight excluding hydrogens is 264 g/mol. The van der Waals surface area contributed by atoms with Gasteiger partial charge in [-0.15, -0.1) is 0 Å². The molecule has 2 aliphatic rings. The van der Waals surface area contributed by atoms with E-state index in [1.165, 1.54) is 31.2 Å². The highest BCUT2D eigenvalue weighted by Gasteiger charge is 2.39. The third-order valence-corrected chi connectivity index (χ3v) is 5.74. The van der Waals surface area contributed by atoms with Crippen molar-refractivity contribution in [1.29, 1.82) is 0 Å². The molecule has 0 bridgehead atoms. The van der Waals surface area contributed by atoms with Crippen LogP contribution in [0.25, 0.3) is 0 Å². The minimum atomic E-state index is 0.711. The van der Waals surface area contributed by atoms with Crippen LogP contribution >= 0.6 is 0 Å². The van der Waals surface area contributed by atoms with Gasteiger partial charge in [0.15, 0.2) is 0 Å². The molecule has 0 aliphatic heterocycles. The molecule has 2 aromatic carbocycles. The van der Waals surface area contributed by atoms with Crippen molar-refractivity contribution in [1.82, 2.24) is 0 Å². The Balaban J connectivity index is 1.66. The lowest BCUT2D eigenvalue weighted by Gasteiger charge is -2.44. The van der Waals surface area contributed by atoms with E-state index in [0.717, 1.165) is 17.8 Å². The van der Waals surface area contributed by atoms with Crippen molar-refractivity contribution in [3.63, 3.8) is 0 Å². The Morgan fingerprint density at radius 2 is 1.23 bits per heavy atom. The molecule has 22 heavy (non-hydrogen) atoms. The molecule has 0 aromatic heterocycles. The van der Waals surface area contributed by atoms with Gasteiger partial charge >= 0.3 is 0 Å². The van der Waals surface area contributed by atoms with Gasteiger partial charge in [0.2, 0.25) is 0 Å². The van der Waals surface area contributed by atoms with Gasteiger partial charge in [-0.2, -0.15) is 0 Å². The van der Waals surface area contributed by atoms with Crippen molar-refractivity contribution >= 4 is 0 Å². The average Bonchev–Trinajstić information content (AvgIpc) is 2.62. The van der Waals surface area contributed by atoms with Gasteiger partial charge in [0, 0.05) is 0 Å². The van der Waals surface area contributed by atoms with E-state index in [9.17, 15) is 0 Å². The molecule has 0 radical (unpaired) electrons. The average molecular weight is 288 g/mol. The van der Waals surface area contributed by atoms with Crippen LogP contribution < -0.4 is 0 Å². The molecule has 0 heteroatoms.